The van der Waals surface area contributed by atoms with Crippen molar-refractivity contribution in [3.8, 4) is 0 Å². The summed E-state index contributed by atoms with van der Waals surface area (Å²) in [7, 11) is 0. The Balaban J connectivity index is 1.15. The number of alkyl halides is 1. The average Bonchev–Trinajstić information content (AvgIpc) is 3.69. The number of ether oxygens (including phenoxy) is 1. The van der Waals surface area contributed by atoms with Gasteiger partial charge in [0.2, 0.25) is 5.91 Å². The number of anilines is 1. The Morgan fingerprint density at radius 1 is 1.12 bits per heavy atom. The van der Waals surface area contributed by atoms with E-state index in [2.05, 4.69) is 40.9 Å². The van der Waals surface area contributed by atoms with E-state index in [1.54, 1.807) is 16.0 Å². The minimum absolute atomic E-state index is 0.213. The SMILES string of the molecule is CC1CN(CC2(F)CCN(C(=O)OC(C)(C)C)CC2)CC(C)C1n1cc(C2CC2)c2cc(N3CCC(=O)NC3=O)cnc21. The van der Waals surface area contributed by atoms with E-state index in [4.69, 9.17) is 9.72 Å². The highest BCUT2D eigenvalue weighted by atomic mass is 19.1. The van der Waals surface area contributed by atoms with Gasteiger partial charge in [0.05, 0.1) is 11.9 Å². The maximum absolute atomic E-state index is 16.1. The minimum Gasteiger partial charge on any atom is -0.444 e. The first-order valence-electron chi connectivity index (χ1n) is 15.8. The van der Waals surface area contributed by atoms with Crippen LogP contribution in [-0.4, -0.2) is 87.9 Å². The van der Waals surface area contributed by atoms with E-state index in [9.17, 15) is 14.4 Å². The highest BCUT2D eigenvalue weighted by molar-refractivity contribution is 6.06. The highest BCUT2D eigenvalue weighted by Gasteiger charge is 2.42. The molecule has 234 valence electrons. The van der Waals surface area contributed by atoms with Crippen LogP contribution >= 0.6 is 0 Å². The van der Waals surface area contributed by atoms with Gasteiger partial charge in [-0.1, -0.05) is 13.8 Å². The summed E-state index contributed by atoms with van der Waals surface area (Å²) in [4.78, 5) is 47.0. The molecule has 2 aromatic rings. The fourth-order valence-corrected chi connectivity index (χ4v) is 7.37. The van der Waals surface area contributed by atoms with Crippen molar-refractivity contribution >= 4 is 34.8 Å². The number of hydrogen-bond donors (Lipinski definition) is 1. The third-order valence-corrected chi connectivity index (χ3v) is 9.47. The molecule has 0 radical (unpaired) electrons. The van der Waals surface area contributed by atoms with Crippen molar-refractivity contribution in [2.24, 2.45) is 11.8 Å². The number of halogens is 1. The lowest BCUT2D eigenvalue weighted by Crippen LogP contribution is -2.54. The minimum atomic E-state index is -1.33. The van der Waals surface area contributed by atoms with Crippen molar-refractivity contribution in [3.63, 3.8) is 0 Å². The number of piperidine rings is 2. The fourth-order valence-electron chi connectivity index (χ4n) is 7.37. The summed E-state index contributed by atoms with van der Waals surface area (Å²) in [5.41, 5.74) is 1.02. The van der Waals surface area contributed by atoms with Crippen LogP contribution in [0, 0.1) is 11.8 Å². The number of likely N-dealkylation sites (tertiary alicyclic amines) is 2. The lowest BCUT2D eigenvalue weighted by atomic mass is 9.84. The van der Waals surface area contributed by atoms with Crippen molar-refractivity contribution in [1.29, 1.82) is 0 Å². The fraction of sp³-hybridized carbons (Fsp3) is 0.688. The molecule has 2 atom stereocenters. The zero-order valence-corrected chi connectivity index (χ0v) is 26.1. The van der Waals surface area contributed by atoms with E-state index in [-0.39, 0.29) is 36.3 Å². The number of aromatic nitrogens is 2. The molecule has 4 amide bonds. The maximum Gasteiger partial charge on any atom is 0.410 e. The summed E-state index contributed by atoms with van der Waals surface area (Å²) in [6.07, 6.45) is 6.86. The Morgan fingerprint density at radius 2 is 1.79 bits per heavy atom. The highest BCUT2D eigenvalue weighted by Crippen LogP contribution is 2.46. The van der Waals surface area contributed by atoms with Crippen molar-refractivity contribution in [1.82, 2.24) is 24.7 Å². The molecule has 1 saturated carbocycles. The Hall–Kier alpha value is -3.21. The van der Waals surface area contributed by atoms with Crippen LogP contribution < -0.4 is 10.2 Å². The van der Waals surface area contributed by atoms with Gasteiger partial charge in [0.15, 0.2) is 0 Å². The van der Waals surface area contributed by atoms with Crippen LogP contribution in [0.15, 0.2) is 18.5 Å². The zero-order valence-electron chi connectivity index (χ0n) is 26.1. The number of amides is 4. The zero-order chi connectivity index (χ0) is 30.7. The largest absolute Gasteiger partial charge is 0.444 e. The van der Waals surface area contributed by atoms with E-state index < -0.39 is 17.3 Å². The third-order valence-electron chi connectivity index (χ3n) is 9.47. The second kappa shape index (κ2) is 11.1. The summed E-state index contributed by atoms with van der Waals surface area (Å²) in [6.45, 7) is 13.1. The maximum atomic E-state index is 16.1. The molecular weight excluding hydrogens is 551 g/mol. The molecule has 3 aliphatic heterocycles. The molecule has 2 unspecified atom stereocenters. The van der Waals surface area contributed by atoms with Gasteiger partial charge in [0.25, 0.3) is 0 Å². The third kappa shape index (κ3) is 6.23. The molecule has 2 aromatic heterocycles. The summed E-state index contributed by atoms with van der Waals surface area (Å²) in [5.74, 6) is 0.801. The Kier molecular flexibility index (Phi) is 7.67. The number of imide groups is 1. The molecule has 1 N–H and O–H groups in total. The Bertz CT molecular complexity index is 1390. The van der Waals surface area contributed by atoms with Crippen molar-refractivity contribution in [2.75, 3.05) is 44.2 Å². The van der Waals surface area contributed by atoms with Crippen LogP contribution in [0.1, 0.15) is 84.2 Å². The van der Waals surface area contributed by atoms with Gasteiger partial charge in [-0.2, -0.15) is 0 Å². The molecule has 1 aliphatic carbocycles. The van der Waals surface area contributed by atoms with Crippen LogP contribution in [0.25, 0.3) is 11.0 Å². The Labute approximate surface area is 252 Å². The lowest BCUT2D eigenvalue weighted by molar-refractivity contribution is -0.120. The van der Waals surface area contributed by atoms with E-state index in [1.165, 1.54) is 5.56 Å². The molecule has 11 heteroatoms. The molecule has 0 aromatic carbocycles. The van der Waals surface area contributed by atoms with Gasteiger partial charge in [-0.25, -0.2) is 19.0 Å². The first-order chi connectivity index (χ1) is 20.3. The van der Waals surface area contributed by atoms with Gasteiger partial charge < -0.3 is 14.2 Å². The summed E-state index contributed by atoms with van der Waals surface area (Å²) >= 11 is 0. The van der Waals surface area contributed by atoms with Gasteiger partial charge in [0, 0.05) is 76.2 Å². The van der Waals surface area contributed by atoms with E-state index in [0.29, 0.717) is 50.6 Å². The summed E-state index contributed by atoms with van der Waals surface area (Å²) in [5, 5.41) is 3.48. The molecule has 4 aliphatic rings. The van der Waals surface area contributed by atoms with Gasteiger partial charge in [-0.15, -0.1) is 0 Å². The van der Waals surface area contributed by atoms with Crippen molar-refractivity contribution < 1.29 is 23.5 Å². The number of nitrogens with one attached hydrogen (secondary N) is 1. The lowest BCUT2D eigenvalue weighted by Gasteiger charge is -2.45. The average molecular weight is 597 g/mol. The number of nitrogens with zero attached hydrogens (tertiary/aromatic N) is 5. The molecular formula is C32H45FN6O4. The van der Waals surface area contributed by atoms with Crippen molar-refractivity contribution in [3.05, 3.63) is 24.0 Å². The van der Waals surface area contributed by atoms with Gasteiger partial charge >= 0.3 is 12.1 Å². The normalized spacial score (nSPS) is 27.0. The predicted molar refractivity (Wildman–Crippen MR) is 162 cm³/mol. The quantitative estimate of drug-likeness (QED) is 0.508. The van der Waals surface area contributed by atoms with Gasteiger partial charge in [-0.3, -0.25) is 19.9 Å². The molecule has 0 bridgehead atoms. The molecule has 6 rings (SSSR count). The first-order valence-corrected chi connectivity index (χ1v) is 15.8. The first kappa shape index (κ1) is 29.8. The smallest absolute Gasteiger partial charge is 0.410 e. The molecule has 4 fully saturated rings. The van der Waals surface area contributed by atoms with Crippen molar-refractivity contribution in [2.45, 2.75) is 90.0 Å². The summed E-state index contributed by atoms with van der Waals surface area (Å²) < 4.78 is 23.9. The number of carbonyl (C=O) groups is 3. The number of rotatable bonds is 5. The standard InChI is InChI=1S/C32H45FN6O4/c1-20-16-36(19-32(33)9-12-37(13-10-32)30(42)43-31(3,4)5)17-21(2)27(20)39-18-25(22-6-7-22)24-14-23(15-34-28(24)39)38-11-8-26(40)35-29(38)41/h14-15,18,20-22,27H,6-13,16-17,19H2,1-5H3,(H,35,40,41). The molecule has 43 heavy (non-hydrogen) atoms. The monoisotopic (exact) mass is 596 g/mol. The van der Waals surface area contributed by atoms with E-state index >= 15 is 4.39 Å². The number of pyridine rings is 1. The van der Waals surface area contributed by atoms with E-state index in [0.717, 1.165) is 37.0 Å². The number of hydrogen-bond acceptors (Lipinski definition) is 6. The second-order valence-corrected chi connectivity index (χ2v) is 14.3. The summed E-state index contributed by atoms with van der Waals surface area (Å²) in [6, 6.07) is 1.87. The van der Waals surface area contributed by atoms with E-state index in [1.807, 2.05) is 20.8 Å². The topological polar surface area (TPSA) is 100 Å². The predicted octanol–water partition coefficient (Wildman–Crippen LogP) is 5.23. The van der Waals surface area contributed by atoms with Crippen LogP contribution in [0.2, 0.25) is 0 Å². The van der Waals surface area contributed by atoms with Crippen LogP contribution in [-0.2, 0) is 9.53 Å². The Morgan fingerprint density at radius 3 is 2.40 bits per heavy atom. The van der Waals surface area contributed by atoms with Gasteiger partial charge in [0.1, 0.15) is 16.9 Å². The molecule has 3 saturated heterocycles. The van der Waals surface area contributed by atoms with Crippen LogP contribution in [0.4, 0.5) is 19.7 Å². The molecule has 10 nitrogen and oxygen atoms in total. The molecule has 5 heterocycles. The van der Waals surface area contributed by atoms with Gasteiger partial charge in [-0.05, 0) is 63.0 Å². The number of urea groups is 1. The van der Waals surface area contributed by atoms with Crippen LogP contribution in [0.3, 0.4) is 0 Å². The second-order valence-electron chi connectivity index (χ2n) is 14.3. The molecule has 0 spiro atoms. The number of fused-ring (bicyclic) bond motifs is 1. The van der Waals surface area contributed by atoms with Crippen LogP contribution in [0.5, 0.6) is 0 Å². The number of carbonyl (C=O) groups excluding carboxylic acids is 3.